The lowest BCUT2D eigenvalue weighted by atomic mass is 10.1. The minimum absolute atomic E-state index is 0.0546. The summed E-state index contributed by atoms with van der Waals surface area (Å²) in [5.41, 5.74) is 3.38. The number of nitrogens with zero attached hydrogens (tertiary/aromatic N) is 3. The fourth-order valence-electron chi connectivity index (χ4n) is 3.71. The maximum absolute atomic E-state index is 13.4. The molecule has 2 aromatic carbocycles. The molecule has 1 heterocycles. The minimum Gasteiger partial charge on any atom is -0.387 e. The molecule has 1 atom stereocenters. The van der Waals surface area contributed by atoms with Crippen molar-refractivity contribution in [3.05, 3.63) is 65.0 Å². The number of aliphatic hydroxyl groups is 1. The van der Waals surface area contributed by atoms with Gasteiger partial charge in [0.2, 0.25) is 5.91 Å². The number of amides is 2. The highest BCUT2D eigenvalue weighted by Crippen LogP contribution is 2.26. The lowest BCUT2D eigenvalue weighted by Crippen LogP contribution is -2.44. The summed E-state index contributed by atoms with van der Waals surface area (Å²) >= 11 is 0. The van der Waals surface area contributed by atoms with Crippen LogP contribution in [0.4, 0.5) is 10.1 Å². The Morgan fingerprint density at radius 2 is 1.81 bits per heavy atom. The number of carbonyl (C=O) groups excluding carboxylic acids is 2. The number of benzene rings is 2. The summed E-state index contributed by atoms with van der Waals surface area (Å²) in [6.07, 6.45) is -0.520. The Kier molecular flexibility index (Phi) is 7.40. The highest BCUT2D eigenvalue weighted by Gasteiger charge is 2.30. The van der Waals surface area contributed by atoms with Crippen molar-refractivity contribution >= 4 is 23.2 Å². The third-order valence-electron chi connectivity index (χ3n) is 5.39. The summed E-state index contributed by atoms with van der Waals surface area (Å²) in [7, 11) is 0. The van der Waals surface area contributed by atoms with E-state index in [-0.39, 0.29) is 48.6 Å². The molecule has 1 unspecified atom stereocenters. The maximum atomic E-state index is 13.4. The molecule has 0 fully saturated rings. The van der Waals surface area contributed by atoms with Gasteiger partial charge in [-0.3, -0.25) is 9.59 Å². The maximum Gasteiger partial charge on any atom is 0.270 e. The van der Waals surface area contributed by atoms with Crippen molar-refractivity contribution in [1.82, 2.24) is 4.90 Å². The molecular weight excluding hydrogens is 409 g/mol. The zero-order chi connectivity index (χ0) is 23.4. The van der Waals surface area contributed by atoms with E-state index in [9.17, 15) is 19.1 Å². The first-order chi connectivity index (χ1) is 15.2. The summed E-state index contributed by atoms with van der Waals surface area (Å²) in [6.45, 7) is 8.29. The highest BCUT2D eigenvalue weighted by molar-refractivity contribution is 6.40. The van der Waals surface area contributed by atoms with Gasteiger partial charge in [-0.05, 0) is 54.7 Å². The third-order valence-corrected chi connectivity index (χ3v) is 5.39. The van der Waals surface area contributed by atoms with E-state index in [2.05, 4.69) is 5.10 Å². The van der Waals surface area contributed by atoms with E-state index in [0.717, 1.165) is 11.1 Å². The molecule has 1 aliphatic rings. The molecule has 0 radical (unpaired) electrons. The number of hydrogen-bond acceptors (Lipinski definition) is 4. The van der Waals surface area contributed by atoms with Crippen LogP contribution < -0.4 is 5.01 Å². The van der Waals surface area contributed by atoms with Crippen LogP contribution in [-0.4, -0.2) is 40.6 Å². The molecular formula is C25H30FN3O3. The van der Waals surface area contributed by atoms with Crippen LogP contribution in [0.25, 0.3) is 0 Å². The molecule has 1 aliphatic heterocycles. The van der Waals surface area contributed by atoms with Crippen LogP contribution in [-0.2, 0) is 9.59 Å². The molecule has 0 aromatic heterocycles. The first-order valence-electron chi connectivity index (χ1n) is 10.9. The van der Waals surface area contributed by atoms with Crippen molar-refractivity contribution < 1.29 is 19.1 Å². The molecule has 0 saturated heterocycles. The predicted octanol–water partition coefficient (Wildman–Crippen LogP) is 4.14. The summed E-state index contributed by atoms with van der Waals surface area (Å²) in [5, 5.41) is 16.4. The van der Waals surface area contributed by atoms with Crippen LogP contribution in [0, 0.1) is 25.6 Å². The van der Waals surface area contributed by atoms with E-state index in [0.29, 0.717) is 17.8 Å². The fraction of sp³-hybridized carbons (Fsp3) is 0.400. The van der Waals surface area contributed by atoms with Crippen molar-refractivity contribution in [2.24, 2.45) is 11.0 Å². The van der Waals surface area contributed by atoms with Crippen LogP contribution in [0.3, 0.4) is 0 Å². The van der Waals surface area contributed by atoms with Gasteiger partial charge in [0.05, 0.1) is 18.3 Å². The SMILES string of the molecule is Cc1ccc(C)c(N2N=C(C(=O)N(CC(C)C)CC(O)c3ccc(F)cc3)CCC2=O)c1. The van der Waals surface area contributed by atoms with Gasteiger partial charge < -0.3 is 10.0 Å². The lowest BCUT2D eigenvalue weighted by Gasteiger charge is -2.30. The highest BCUT2D eigenvalue weighted by atomic mass is 19.1. The van der Waals surface area contributed by atoms with Crippen LogP contribution in [0.5, 0.6) is 0 Å². The molecule has 7 heteroatoms. The zero-order valence-electron chi connectivity index (χ0n) is 19.0. The molecule has 2 aromatic rings. The van der Waals surface area contributed by atoms with Gasteiger partial charge in [0.1, 0.15) is 11.5 Å². The summed E-state index contributed by atoms with van der Waals surface area (Å²) in [4.78, 5) is 27.5. The second kappa shape index (κ2) is 10.0. The molecule has 1 N–H and O–H groups in total. The zero-order valence-corrected chi connectivity index (χ0v) is 19.0. The number of carbonyl (C=O) groups is 2. The van der Waals surface area contributed by atoms with Gasteiger partial charge in [-0.1, -0.05) is 38.1 Å². The Hall–Kier alpha value is -3.06. The van der Waals surface area contributed by atoms with Crippen molar-refractivity contribution in [2.45, 2.75) is 46.6 Å². The standard InChI is InChI=1S/C25H30FN3O3/c1-16(2)14-28(15-23(30)19-7-9-20(26)10-8-19)25(32)21-11-12-24(31)29(27-21)22-13-17(3)5-6-18(22)4/h5-10,13,16,23,30H,11-12,14-15H2,1-4H3. The largest absolute Gasteiger partial charge is 0.387 e. The average Bonchev–Trinajstić information content (AvgIpc) is 2.75. The van der Waals surface area contributed by atoms with Crippen LogP contribution >= 0.6 is 0 Å². The van der Waals surface area contributed by atoms with Crippen LogP contribution in [0.15, 0.2) is 47.6 Å². The quantitative estimate of drug-likeness (QED) is 0.705. The van der Waals surface area contributed by atoms with Gasteiger partial charge in [-0.15, -0.1) is 0 Å². The second-order valence-electron chi connectivity index (χ2n) is 8.71. The number of halogens is 1. The molecule has 3 rings (SSSR count). The number of aliphatic hydroxyl groups excluding tert-OH is 1. The van der Waals surface area contributed by atoms with Crippen molar-refractivity contribution in [1.29, 1.82) is 0 Å². The van der Waals surface area contributed by atoms with Crippen molar-refractivity contribution in [3.63, 3.8) is 0 Å². The lowest BCUT2D eigenvalue weighted by molar-refractivity contribution is -0.126. The first-order valence-corrected chi connectivity index (χ1v) is 10.9. The minimum atomic E-state index is -0.959. The molecule has 170 valence electrons. The Labute approximate surface area is 188 Å². The molecule has 6 nitrogen and oxygen atoms in total. The molecule has 2 amide bonds. The van der Waals surface area contributed by atoms with E-state index < -0.39 is 6.10 Å². The first kappa shape index (κ1) is 23.6. The average molecular weight is 440 g/mol. The van der Waals surface area contributed by atoms with Crippen LogP contribution in [0.1, 0.15) is 49.5 Å². The van der Waals surface area contributed by atoms with E-state index in [1.807, 2.05) is 45.9 Å². The topological polar surface area (TPSA) is 73.2 Å². The number of aryl methyl sites for hydroxylation is 2. The monoisotopic (exact) mass is 439 g/mol. The van der Waals surface area contributed by atoms with Gasteiger partial charge >= 0.3 is 0 Å². The normalized spacial score (nSPS) is 15.0. The summed E-state index contributed by atoms with van der Waals surface area (Å²) < 4.78 is 13.2. The second-order valence-corrected chi connectivity index (χ2v) is 8.71. The van der Waals surface area contributed by atoms with Gasteiger partial charge in [0.15, 0.2) is 0 Å². The van der Waals surface area contributed by atoms with E-state index in [4.69, 9.17) is 0 Å². The summed E-state index contributed by atoms with van der Waals surface area (Å²) in [6, 6.07) is 11.4. The molecule has 0 aliphatic carbocycles. The van der Waals surface area contributed by atoms with Gasteiger partial charge in [0, 0.05) is 19.4 Å². The van der Waals surface area contributed by atoms with Crippen molar-refractivity contribution in [3.8, 4) is 0 Å². The molecule has 0 spiro atoms. The van der Waals surface area contributed by atoms with E-state index >= 15 is 0 Å². The Morgan fingerprint density at radius 1 is 1.12 bits per heavy atom. The molecule has 32 heavy (non-hydrogen) atoms. The number of anilines is 1. The third kappa shape index (κ3) is 5.59. The van der Waals surface area contributed by atoms with Gasteiger partial charge in [0.25, 0.3) is 5.91 Å². The summed E-state index contributed by atoms with van der Waals surface area (Å²) in [5.74, 6) is -0.677. The fourth-order valence-corrected chi connectivity index (χ4v) is 3.71. The number of hydrazone groups is 1. The number of hydrogen-bond donors (Lipinski definition) is 1. The Morgan fingerprint density at radius 3 is 2.47 bits per heavy atom. The predicted molar refractivity (Wildman–Crippen MR) is 123 cm³/mol. The van der Waals surface area contributed by atoms with E-state index in [1.54, 1.807) is 4.90 Å². The molecule has 0 saturated carbocycles. The van der Waals surface area contributed by atoms with Crippen molar-refractivity contribution in [2.75, 3.05) is 18.1 Å². The Bertz CT molecular complexity index is 1020. The number of rotatable bonds is 7. The van der Waals surface area contributed by atoms with E-state index in [1.165, 1.54) is 29.3 Å². The molecule has 0 bridgehead atoms. The smallest absolute Gasteiger partial charge is 0.270 e. The van der Waals surface area contributed by atoms with Crippen LogP contribution in [0.2, 0.25) is 0 Å². The van der Waals surface area contributed by atoms with Gasteiger partial charge in [-0.25, -0.2) is 9.40 Å². The van der Waals surface area contributed by atoms with Gasteiger partial charge in [-0.2, -0.15) is 5.10 Å². The Balaban J connectivity index is 1.86.